The zero-order chi connectivity index (χ0) is 13.1. The lowest BCUT2D eigenvalue weighted by Gasteiger charge is -2.13. The van der Waals surface area contributed by atoms with Crippen LogP contribution in [0.3, 0.4) is 0 Å². The largest absolute Gasteiger partial charge is 0.504 e. The number of phenols is 2. The number of benzene rings is 2. The summed E-state index contributed by atoms with van der Waals surface area (Å²) in [6, 6.07) is 11.5. The molecule has 18 heavy (non-hydrogen) atoms. The Labute approximate surface area is 108 Å². The Bertz CT molecular complexity index is 559. The van der Waals surface area contributed by atoms with Gasteiger partial charge >= 0.3 is 0 Å². The summed E-state index contributed by atoms with van der Waals surface area (Å²) in [5, 5.41) is 19.3. The van der Waals surface area contributed by atoms with Crippen molar-refractivity contribution >= 4 is 0 Å². The molecule has 0 unspecified atom stereocenters. The predicted molar refractivity (Wildman–Crippen MR) is 74.0 cm³/mol. The van der Waals surface area contributed by atoms with Crippen LogP contribution in [-0.2, 0) is 12.8 Å². The fraction of sp³-hybridized carbons (Fsp3) is 0.250. The normalized spacial score (nSPS) is 10.6. The van der Waals surface area contributed by atoms with Crippen LogP contribution in [0.15, 0.2) is 36.4 Å². The van der Waals surface area contributed by atoms with Crippen molar-refractivity contribution in [2.45, 2.75) is 26.7 Å². The van der Waals surface area contributed by atoms with Crippen LogP contribution < -0.4 is 0 Å². The third-order valence-corrected chi connectivity index (χ3v) is 3.27. The fourth-order valence-corrected chi connectivity index (χ4v) is 2.25. The van der Waals surface area contributed by atoms with E-state index in [4.69, 9.17) is 0 Å². The van der Waals surface area contributed by atoms with Gasteiger partial charge < -0.3 is 10.2 Å². The van der Waals surface area contributed by atoms with Crippen LogP contribution in [0, 0.1) is 0 Å². The van der Waals surface area contributed by atoms with Crippen LogP contribution in [0.5, 0.6) is 11.5 Å². The second-order valence-corrected chi connectivity index (χ2v) is 4.36. The van der Waals surface area contributed by atoms with E-state index in [1.54, 1.807) is 12.1 Å². The Morgan fingerprint density at radius 1 is 0.778 bits per heavy atom. The molecule has 2 aromatic carbocycles. The molecule has 0 amide bonds. The number of rotatable bonds is 3. The minimum absolute atomic E-state index is 0.0513. The SMILES string of the molecule is CCc1ccccc1-c1cc(O)c(O)cc1CC. The van der Waals surface area contributed by atoms with Gasteiger partial charge in [0.2, 0.25) is 0 Å². The van der Waals surface area contributed by atoms with Gasteiger partial charge in [-0.2, -0.15) is 0 Å². The lowest BCUT2D eigenvalue weighted by molar-refractivity contribution is 0.403. The van der Waals surface area contributed by atoms with E-state index in [9.17, 15) is 10.2 Å². The molecule has 0 heterocycles. The number of hydrogen-bond donors (Lipinski definition) is 2. The zero-order valence-corrected chi connectivity index (χ0v) is 10.8. The average Bonchev–Trinajstić information content (AvgIpc) is 2.41. The Hall–Kier alpha value is -1.96. The van der Waals surface area contributed by atoms with E-state index >= 15 is 0 Å². The lowest BCUT2D eigenvalue weighted by atomic mass is 9.93. The van der Waals surface area contributed by atoms with E-state index in [1.807, 2.05) is 19.1 Å². The smallest absolute Gasteiger partial charge is 0.158 e. The van der Waals surface area contributed by atoms with E-state index in [2.05, 4.69) is 19.1 Å². The predicted octanol–water partition coefficient (Wildman–Crippen LogP) is 3.89. The van der Waals surface area contributed by atoms with Gasteiger partial charge in [-0.1, -0.05) is 38.1 Å². The number of phenolic OH excluding ortho intramolecular Hbond substituents is 2. The van der Waals surface area contributed by atoms with Gasteiger partial charge in [0.15, 0.2) is 11.5 Å². The van der Waals surface area contributed by atoms with Crippen molar-refractivity contribution in [2.75, 3.05) is 0 Å². The molecule has 0 saturated heterocycles. The topological polar surface area (TPSA) is 40.5 Å². The summed E-state index contributed by atoms with van der Waals surface area (Å²) in [5.41, 5.74) is 4.43. The zero-order valence-electron chi connectivity index (χ0n) is 10.8. The quantitative estimate of drug-likeness (QED) is 0.802. The minimum atomic E-state index is -0.0619. The van der Waals surface area contributed by atoms with Gasteiger partial charge in [0.05, 0.1) is 0 Å². The molecule has 0 bridgehead atoms. The summed E-state index contributed by atoms with van der Waals surface area (Å²) in [6.45, 7) is 4.16. The monoisotopic (exact) mass is 242 g/mol. The van der Waals surface area contributed by atoms with Gasteiger partial charge in [-0.15, -0.1) is 0 Å². The van der Waals surface area contributed by atoms with Gasteiger partial charge in [-0.25, -0.2) is 0 Å². The first-order valence-corrected chi connectivity index (χ1v) is 6.30. The maximum atomic E-state index is 9.69. The van der Waals surface area contributed by atoms with Gasteiger partial charge in [0, 0.05) is 0 Å². The molecule has 2 heteroatoms. The van der Waals surface area contributed by atoms with Crippen molar-refractivity contribution in [3.63, 3.8) is 0 Å². The van der Waals surface area contributed by atoms with Gasteiger partial charge in [-0.05, 0) is 47.2 Å². The van der Waals surface area contributed by atoms with E-state index in [1.165, 1.54) is 5.56 Å². The third-order valence-electron chi connectivity index (χ3n) is 3.27. The van der Waals surface area contributed by atoms with Crippen molar-refractivity contribution in [3.05, 3.63) is 47.5 Å². The summed E-state index contributed by atoms with van der Waals surface area (Å²) >= 11 is 0. The molecule has 0 aromatic heterocycles. The molecule has 0 spiro atoms. The number of aryl methyl sites for hydroxylation is 2. The van der Waals surface area contributed by atoms with Gasteiger partial charge in [0.1, 0.15) is 0 Å². The Morgan fingerprint density at radius 3 is 2.06 bits per heavy atom. The molecule has 0 saturated carbocycles. The van der Waals surface area contributed by atoms with Crippen molar-refractivity contribution in [2.24, 2.45) is 0 Å². The highest BCUT2D eigenvalue weighted by molar-refractivity contribution is 5.73. The molecule has 0 aliphatic rings. The molecule has 0 fully saturated rings. The molecule has 0 radical (unpaired) electrons. The Balaban J connectivity index is 2.66. The van der Waals surface area contributed by atoms with Crippen molar-refractivity contribution in [1.29, 1.82) is 0 Å². The highest BCUT2D eigenvalue weighted by atomic mass is 16.3. The molecule has 2 rings (SSSR count). The van der Waals surface area contributed by atoms with E-state index in [-0.39, 0.29) is 11.5 Å². The summed E-state index contributed by atoms with van der Waals surface area (Å²) < 4.78 is 0. The summed E-state index contributed by atoms with van der Waals surface area (Å²) in [4.78, 5) is 0. The minimum Gasteiger partial charge on any atom is -0.504 e. The molecule has 0 aliphatic heterocycles. The summed E-state index contributed by atoms with van der Waals surface area (Å²) in [5.74, 6) is -0.113. The Kier molecular flexibility index (Phi) is 3.56. The second kappa shape index (κ2) is 5.13. The maximum absolute atomic E-state index is 9.69. The molecular weight excluding hydrogens is 224 g/mol. The van der Waals surface area contributed by atoms with E-state index in [0.717, 1.165) is 29.5 Å². The Morgan fingerprint density at radius 2 is 1.39 bits per heavy atom. The number of hydrogen-bond acceptors (Lipinski definition) is 2. The van der Waals surface area contributed by atoms with Crippen LogP contribution in [-0.4, -0.2) is 10.2 Å². The van der Waals surface area contributed by atoms with Gasteiger partial charge in [-0.3, -0.25) is 0 Å². The molecule has 2 aromatic rings. The van der Waals surface area contributed by atoms with Crippen LogP contribution in [0.2, 0.25) is 0 Å². The van der Waals surface area contributed by atoms with Crippen LogP contribution in [0.1, 0.15) is 25.0 Å². The fourth-order valence-electron chi connectivity index (χ4n) is 2.25. The third kappa shape index (κ3) is 2.19. The van der Waals surface area contributed by atoms with Crippen molar-refractivity contribution in [3.8, 4) is 22.6 Å². The first-order valence-electron chi connectivity index (χ1n) is 6.30. The highest BCUT2D eigenvalue weighted by Crippen LogP contribution is 2.36. The molecule has 2 nitrogen and oxygen atoms in total. The first kappa shape index (κ1) is 12.5. The lowest BCUT2D eigenvalue weighted by Crippen LogP contribution is -1.92. The van der Waals surface area contributed by atoms with E-state index in [0.29, 0.717) is 0 Å². The maximum Gasteiger partial charge on any atom is 0.158 e. The van der Waals surface area contributed by atoms with Crippen LogP contribution in [0.4, 0.5) is 0 Å². The molecule has 94 valence electrons. The highest BCUT2D eigenvalue weighted by Gasteiger charge is 2.11. The summed E-state index contributed by atoms with van der Waals surface area (Å²) in [6.07, 6.45) is 1.77. The molecule has 0 atom stereocenters. The van der Waals surface area contributed by atoms with Crippen LogP contribution >= 0.6 is 0 Å². The molecule has 2 N–H and O–H groups in total. The molecule has 0 aliphatic carbocycles. The van der Waals surface area contributed by atoms with Gasteiger partial charge in [0.25, 0.3) is 0 Å². The average molecular weight is 242 g/mol. The van der Waals surface area contributed by atoms with E-state index < -0.39 is 0 Å². The second-order valence-electron chi connectivity index (χ2n) is 4.36. The standard InChI is InChI=1S/C16H18O2/c1-3-11-7-5-6-8-13(11)14-10-16(18)15(17)9-12(14)4-2/h5-10,17-18H,3-4H2,1-2H3. The number of aromatic hydroxyl groups is 2. The van der Waals surface area contributed by atoms with Crippen molar-refractivity contribution < 1.29 is 10.2 Å². The summed E-state index contributed by atoms with van der Waals surface area (Å²) in [7, 11) is 0. The van der Waals surface area contributed by atoms with Crippen molar-refractivity contribution in [1.82, 2.24) is 0 Å². The van der Waals surface area contributed by atoms with Crippen LogP contribution in [0.25, 0.3) is 11.1 Å². The molecular formula is C16H18O2. The first-order chi connectivity index (χ1) is 8.67.